The molecule has 7 heteroatoms. The molecule has 0 spiro atoms. The minimum Gasteiger partial charge on any atom is -0.457 e. The number of halogens is 1. The van der Waals surface area contributed by atoms with Gasteiger partial charge in [0.25, 0.3) is 5.78 Å². The summed E-state index contributed by atoms with van der Waals surface area (Å²) in [5.41, 5.74) is 3.16. The van der Waals surface area contributed by atoms with Gasteiger partial charge in [0, 0.05) is 27.5 Å². The first-order valence-electron chi connectivity index (χ1n) is 7.57. The number of hydrogen-bond donors (Lipinski definition) is 0. The minimum atomic E-state index is -0.421. The summed E-state index contributed by atoms with van der Waals surface area (Å²) < 4.78 is 7.15. The number of esters is 1. The molecule has 0 unspecified atom stereocenters. The number of benzene rings is 1. The van der Waals surface area contributed by atoms with E-state index in [0.717, 1.165) is 22.5 Å². The van der Waals surface area contributed by atoms with E-state index in [1.807, 2.05) is 32.0 Å². The van der Waals surface area contributed by atoms with Crippen molar-refractivity contribution < 1.29 is 9.53 Å². The number of hydrogen-bond acceptors (Lipinski definition) is 5. The van der Waals surface area contributed by atoms with Crippen LogP contribution in [0, 0.1) is 13.8 Å². The van der Waals surface area contributed by atoms with E-state index in [9.17, 15) is 4.79 Å². The summed E-state index contributed by atoms with van der Waals surface area (Å²) in [6, 6.07) is 7.33. The van der Waals surface area contributed by atoms with Crippen LogP contribution in [0.1, 0.15) is 35.5 Å². The number of carbonyl (C=O) groups excluding carboxylic acids is 1. The van der Waals surface area contributed by atoms with Gasteiger partial charge >= 0.3 is 5.97 Å². The Morgan fingerprint density at radius 2 is 2.08 bits per heavy atom. The third kappa shape index (κ3) is 3.10. The summed E-state index contributed by atoms with van der Waals surface area (Å²) >= 11 is 6.15. The van der Waals surface area contributed by atoms with Crippen molar-refractivity contribution >= 4 is 23.3 Å². The average molecular weight is 345 g/mol. The number of nitrogens with zero attached hydrogens (tertiary/aromatic N) is 4. The Morgan fingerprint density at radius 1 is 1.33 bits per heavy atom. The van der Waals surface area contributed by atoms with Crippen molar-refractivity contribution in [2.24, 2.45) is 0 Å². The molecule has 0 radical (unpaired) electrons. The number of aromatic nitrogens is 4. The van der Waals surface area contributed by atoms with Gasteiger partial charge in [-0.1, -0.05) is 29.8 Å². The number of fused-ring (bicyclic) bond motifs is 1. The van der Waals surface area contributed by atoms with Crippen molar-refractivity contribution in [2.45, 2.75) is 33.3 Å². The fourth-order valence-corrected chi connectivity index (χ4v) is 2.95. The zero-order valence-electron chi connectivity index (χ0n) is 13.7. The molecule has 0 aliphatic carbocycles. The Morgan fingerprint density at radius 3 is 2.83 bits per heavy atom. The summed E-state index contributed by atoms with van der Waals surface area (Å²) in [7, 11) is 0. The lowest BCUT2D eigenvalue weighted by atomic mass is 10.1. The van der Waals surface area contributed by atoms with Crippen molar-refractivity contribution in [3.05, 3.63) is 58.1 Å². The van der Waals surface area contributed by atoms with E-state index in [2.05, 4.69) is 15.1 Å². The first kappa shape index (κ1) is 16.4. The predicted octanol–water partition coefficient (Wildman–Crippen LogP) is 3.24. The van der Waals surface area contributed by atoms with Gasteiger partial charge in [-0.05, 0) is 26.8 Å². The van der Waals surface area contributed by atoms with Gasteiger partial charge < -0.3 is 4.74 Å². The average Bonchev–Trinajstić information content (AvgIpc) is 3.00. The molecule has 0 saturated heterocycles. The van der Waals surface area contributed by atoms with Gasteiger partial charge in [0.1, 0.15) is 12.4 Å². The van der Waals surface area contributed by atoms with Gasteiger partial charge in [-0.3, -0.25) is 4.79 Å². The fourth-order valence-electron chi connectivity index (χ4n) is 2.66. The van der Waals surface area contributed by atoms with Gasteiger partial charge in [-0.2, -0.15) is 10.1 Å². The van der Waals surface area contributed by atoms with E-state index < -0.39 is 6.10 Å². The minimum absolute atomic E-state index is 0.120. The molecule has 0 aliphatic heterocycles. The van der Waals surface area contributed by atoms with Gasteiger partial charge in [0.05, 0.1) is 6.42 Å². The zero-order valence-corrected chi connectivity index (χ0v) is 14.4. The lowest BCUT2D eigenvalue weighted by Gasteiger charge is -2.16. The molecule has 0 fully saturated rings. The Balaban J connectivity index is 1.79. The molecular weight excluding hydrogens is 328 g/mol. The highest BCUT2D eigenvalue weighted by Crippen LogP contribution is 2.25. The van der Waals surface area contributed by atoms with Gasteiger partial charge in [0.15, 0.2) is 0 Å². The Bertz CT molecular complexity index is 907. The summed E-state index contributed by atoms with van der Waals surface area (Å²) in [5, 5.41) is 4.70. The maximum Gasteiger partial charge on any atom is 0.310 e. The van der Waals surface area contributed by atoms with Gasteiger partial charge in [-0.25, -0.2) is 9.50 Å². The number of ether oxygens (including phenoxy) is 1. The van der Waals surface area contributed by atoms with Crippen LogP contribution in [0.5, 0.6) is 0 Å². The first-order chi connectivity index (χ1) is 11.5. The van der Waals surface area contributed by atoms with Crippen LogP contribution >= 0.6 is 11.6 Å². The van der Waals surface area contributed by atoms with E-state index in [1.54, 1.807) is 17.5 Å². The van der Waals surface area contributed by atoms with Crippen LogP contribution in [0.2, 0.25) is 5.02 Å². The first-order valence-corrected chi connectivity index (χ1v) is 7.95. The molecule has 1 atom stereocenters. The van der Waals surface area contributed by atoms with E-state index in [0.29, 0.717) is 10.8 Å². The van der Waals surface area contributed by atoms with Crippen molar-refractivity contribution in [1.82, 2.24) is 19.6 Å². The molecule has 124 valence electrons. The molecule has 0 amide bonds. The summed E-state index contributed by atoms with van der Waals surface area (Å²) in [6.45, 7) is 5.54. The highest BCUT2D eigenvalue weighted by atomic mass is 35.5. The predicted molar refractivity (Wildman–Crippen MR) is 89.9 cm³/mol. The maximum atomic E-state index is 12.3. The lowest BCUT2D eigenvalue weighted by molar-refractivity contribution is -0.147. The number of rotatable bonds is 4. The SMILES string of the molecule is Cc1nc2ncnn2c(C)c1CC(=O)O[C@@H](C)c1ccccc1Cl. The standard InChI is InChI=1S/C17H17ClN4O2/c1-10-14(11(2)22-17(21-10)19-9-20-22)8-16(23)24-12(3)13-6-4-5-7-15(13)18/h4-7,9,12H,8H2,1-3H3/t12-/m0/s1. The van der Waals surface area contributed by atoms with Crippen LogP contribution in [0.25, 0.3) is 5.78 Å². The van der Waals surface area contributed by atoms with E-state index in [4.69, 9.17) is 16.3 Å². The quantitative estimate of drug-likeness (QED) is 0.679. The van der Waals surface area contributed by atoms with Crippen molar-refractivity contribution in [1.29, 1.82) is 0 Å². The molecule has 0 bridgehead atoms. The van der Waals surface area contributed by atoms with Crippen molar-refractivity contribution in [3.8, 4) is 0 Å². The zero-order chi connectivity index (χ0) is 17.3. The second kappa shape index (κ2) is 6.57. The smallest absolute Gasteiger partial charge is 0.310 e. The highest BCUT2D eigenvalue weighted by molar-refractivity contribution is 6.31. The largest absolute Gasteiger partial charge is 0.457 e. The molecule has 6 nitrogen and oxygen atoms in total. The van der Waals surface area contributed by atoms with Crippen LogP contribution in [0.4, 0.5) is 0 Å². The maximum absolute atomic E-state index is 12.3. The van der Waals surface area contributed by atoms with Crippen LogP contribution < -0.4 is 0 Å². The normalized spacial score (nSPS) is 12.3. The van der Waals surface area contributed by atoms with E-state index in [1.165, 1.54) is 6.33 Å². The Kier molecular flexibility index (Phi) is 4.49. The Hall–Kier alpha value is -2.47. The number of aryl methyl sites for hydroxylation is 2. The van der Waals surface area contributed by atoms with Gasteiger partial charge in [-0.15, -0.1) is 0 Å². The molecule has 1 aromatic carbocycles. The molecule has 2 aromatic heterocycles. The van der Waals surface area contributed by atoms with Crippen LogP contribution in [0.15, 0.2) is 30.6 Å². The van der Waals surface area contributed by atoms with Crippen molar-refractivity contribution in [3.63, 3.8) is 0 Å². The fraction of sp³-hybridized carbons (Fsp3) is 0.294. The molecule has 0 N–H and O–H groups in total. The van der Waals surface area contributed by atoms with E-state index >= 15 is 0 Å². The topological polar surface area (TPSA) is 69.4 Å². The van der Waals surface area contributed by atoms with Crippen LogP contribution in [0.3, 0.4) is 0 Å². The second-order valence-corrected chi connectivity index (χ2v) is 5.97. The summed E-state index contributed by atoms with van der Waals surface area (Å²) in [5.74, 6) is 0.182. The molecule has 2 heterocycles. The number of carbonyl (C=O) groups is 1. The van der Waals surface area contributed by atoms with Gasteiger partial charge in [0.2, 0.25) is 0 Å². The lowest BCUT2D eigenvalue weighted by Crippen LogP contribution is -2.15. The van der Waals surface area contributed by atoms with Crippen LogP contribution in [-0.4, -0.2) is 25.6 Å². The van der Waals surface area contributed by atoms with E-state index in [-0.39, 0.29) is 12.4 Å². The molecule has 0 aliphatic rings. The third-order valence-corrected chi connectivity index (χ3v) is 4.31. The third-order valence-electron chi connectivity index (χ3n) is 3.96. The van der Waals surface area contributed by atoms with Crippen molar-refractivity contribution in [2.75, 3.05) is 0 Å². The molecule has 24 heavy (non-hydrogen) atoms. The second-order valence-electron chi connectivity index (χ2n) is 5.56. The molecular formula is C17H17ClN4O2. The monoisotopic (exact) mass is 344 g/mol. The molecule has 3 rings (SSSR count). The molecule has 3 aromatic rings. The molecule has 0 saturated carbocycles. The highest BCUT2D eigenvalue weighted by Gasteiger charge is 2.18. The Labute approximate surface area is 144 Å². The van der Waals surface area contributed by atoms with Crippen LogP contribution in [-0.2, 0) is 16.0 Å². The summed E-state index contributed by atoms with van der Waals surface area (Å²) in [4.78, 5) is 20.8. The summed E-state index contributed by atoms with van der Waals surface area (Å²) in [6.07, 6.45) is 1.14.